The van der Waals surface area contributed by atoms with Gasteiger partial charge < -0.3 is 39.7 Å². The number of aromatic hydroxyl groups is 1. The summed E-state index contributed by atoms with van der Waals surface area (Å²) in [6.07, 6.45) is -5.16. The maximum absolute atomic E-state index is 11.8. The molecule has 1 aromatic rings. The molecule has 0 spiro atoms. The van der Waals surface area contributed by atoms with Crippen LogP contribution >= 0.6 is 0 Å². The monoisotopic (exact) mass is 356 g/mol. The van der Waals surface area contributed by atoms with E-state index < -0.39 is 43.3 Å². The Bertz CT molecular complexity index is 628. The molecule has 25 heavy (non-hydrogen) atoms. The van der Waals surface area contributed by atoms with Crippen LogP contribution in [0, 0.1) is 0 Å². The molecule has 1 heterocycles. The summed E-state index contributed by atoms with van der Waals surface area (Å²) in [7, 11) is 1.41. The fourth-order valence-corrected chi connectivity index (χ4v) is 2.29. The number of benzene rings is 1. The molecule has 0 radical (unpaired) electrons. The second-order valence-electron chi connectivity index (χ2n) is 5.40. The van der Waals surface area contributed by atoms with Crippen molar-refractivity contribution >= 4 is 12.0 Å². The van der Waals surface area contributed by atoms with Crippen molar-refractivity contribution in [3.63, 3.8) is 0 Å². The number of aliphatic hydroxyl groups excluding tert-OH is 4. The van der Waals surface area contributed by atoms with Crippen molar-refractivity contribution in [2.45, 2.75) is 30.7 Å². The average molecular weight is 356 g/mol. The number of ether oxygens (including phenoxy) is 3. The predicted octanol–water partition coefficient (Wildman–Crippen LogP) is -1.24. The molecular formula is C16H20O9. The van der Waals surface area contributed by atoms with Gasteiger partial charge in [0.15, 0.2) is 11.5 Å². The molecule has 0 aliphatic carbocycles. The summed E-state index contributed by atoms with van der Waals surface area (Å²) in [6, 6.07) is 4.48. The lowest BCUT2D eigenvalue weighted by molar-refractivity contribution is -0.291. The van der Waals surface area contributed by atoms with Gasteiger partial charge in [0.2, 0.25) is 6.29 Å². The van der Waals surface area contributed by atoms with Crippen molar-refractivity contribution in [1.82, 2.24) is 0 Å². The molecule has 9 heteroatoms. The second kappa shape index (κ2) is 8.28. The minimum absolute atomic E-state index is 0.105. The molecule has 1 aromatic carbocycles. The molecule has 2 rings (SSSR count). The minimum Gasteiger partial charge on any atom is -0.504 e. The van der Waals surface area contributed by atoms with E-state index in [0.717, 1.165) is 6.08 Å². The number of aliphatic hydroxyl groups is 4. The molecule has 0 saturated carbocycles. The van der Waals surface area contributed by atoms with Gasteiger partial charge in [0.05, 0.1) is 13.7 Å². The second-order valence-corrected chi connectivity index (χ2v) is 5.40. The van der Waals surface area contributed by atoms with Crippen molar-refractivity contribution in [3.05, 3.63) is 29.8 Å². The van der Waals surface area contributed by atoms with Crippen molar-refractivity contribution in [2.75, 3.05) is 13.7 Å². The van der Waals surface area contributed by atoms with E-state index in [1.165, 1.54) is 25.3 Å². The van der Waals surface area contributed by atoms with Crippen LogP contribution in [0.1, 0.15) is 5.56 Å². The van der Waals surface area contributed by atoms with Crippen LogP contribution in [-0.4, -0.2) is 75.9 Å². The lowest BCUT2D eigenvalue weighted by Gasteiger charge is -2.38. The lowest BCUT2D eigenvalue weighted by atomic mass is 9.99. The fourth-order valence-electron chi connectivity index (χ4n) is 2.29. The third kappa shape index (κ3) is 4.47. The quantitative estimate of drug-likeness (QED) is 0.323. The van der Waals surface area contributed by atoms with E-state index in [1.807, 2.05) is 0 Å². The van der Waals surface area contributed by atoms with Gasteiger partial charge in [0.25, 0.3) is 0 Å². The number of hydrogen-bond acceptors (Lipinski definition) is 9. The maximum Gasteiger partial charge on any atom is 0.333 e. The van der Waals surface area contributed by atoms with E-state index >= 15 is 0 Å². The molecule has 5 unspecified atom stereocenters. The highest BCUT2D eigenvalue weighted by atomic mass is 16.7. The largest absolute Gasteiger partial charge is 0.504 e. The third-order valence-corrected chi connectivity index (χ3v) is 3.70. The highest BCUT2D eigenvalue weighted by molar-refractivity contribution is 5.87. The van der Waals surface area contributed by atoms with E-state index in [2.05, 4.69) is 0 Å². The molecule has 1 aliphatic heterocycles. The summed E-state index contributed by atoms with van der Waals surface area (Å²) < 4.78 is 14.8. The van der Waals surface area contributed by atoms with Crippen molar-refractivity contribution in [3.8, 4) is 11.5 Å². The van der Waals surface area contributed by atoms with E-state index in [9.17, 15) is 25.2 Å². The summed E-state index contributed by atoms with van der Waals surface area (Å²) in [5, 5.41) is 47.8. The van der Waals surface area contributed by atoms with E-state index in [0.29, 0.717) is 5.56 Å². The van der Waals surface area contributed by atoms with Gasteiger partial charge in [-0.2, -0.15) is 0 Å². The normalized spacial score (nSPS) is 29.6. The van der Waals surface area contributed by atoms with Crippen molar-refractivity contribution in [2.24, 2.45) is 0 Å². The molecule has 0 aromatic heterocycles. The highest BCUT2D eigenvalue weighted by Gasteiger charge is 2.45. The van der Waals surface area contributed by atoms with Gasteiger partial charge in [-0.1, -0.05) is 6.07 Å². The van der Waals surface area contributed by atoms with Crippen LogP contribution in [0.25, 0.3) is 6.08 Å². The summed E-state index contributed by atoms with van der Waals surface area (Å²) in [6.45, 7) is -0.625. The van der Waals surface area contributed by atoms with Crippen LogP contribution in [0.4, 0.5) is 0 Å². The number of hydrogen-bond donors (Lipinski definition) is 5. The number of carbonyl (C=O) groups is 1. The number of esters is 1. The van der Waals surface area contributed by atoms with Gasteiger partial charge in [0, 0.05) is 6.08 Å². The van der Waals surface area contributed by atoms with E-state index in [-0.39, 0.29) is 11.5 Å². The Labute approximate surface area is 143 Å². The van der Waals surface area contributed by atoms with Crippen LogP contribution in [0.3, 0.4) is 0 Å². The molecule has 138 valence electrons. The third-order valence-electron chi connectivity index (χ3n) is 3.70. The topological polar surface area (TPSA) is 146 Å². The van der Waals surface area contributed by atoms with Gasteiger partial charge in [-0.25, -0.2) is 4.79 Å². The number of phenols is 1. The summed E-state index contributed by atoms with van der Waals surface area (Å²) in [4.78, 5) is 11.8. The first-order valence-electron chi connectivity index (χ1n) is 7.43. The van der Waals surface area contributed by atoms with E-state index in [4.69, 9.17) is 19.3 Å². The molecular weight excluding hydrogens is 336 g/mol. The highest BCUT2D eigenvalue weighted by Crippen LogP contribution is 2.27. The zero-order valence-electron chi connectivity index (χ0n) is 13.3. The molecule has 9 nitrogen and oxygen atoms in total. The molecule has 5 atom stereocenters. The zero-order valence-corrected chi connectivity index (χ0v) is 13.3. The van der Waals surface area contributed by atoms with Gasteiger partial charge in [-0.3, -0.25) is 0 Å². The molecule has 0 amide bonds. The Morgan fingerprint density at radius 1 is 1.24 bits per heavy atom. The van der Waals surface area contributed by atoms with E-state index in [1.54, 1.807) is 6.07 Å². The first-order valence-corrected chi connectivity index (χ1v) is 7.43. The lowest BCUT2D eigenvalue weighted by Crippen LogP contribution is -2.59. The number of methoxy groups -OCH3 is 1. The smallest absolute Gasteiger partial charge is 0.333 e. The van der Waals surface area contributed by atoms with Crippen molar-refractivity contribution in [1.29, 1.82) is 0 Å². The summed E-state index contributed by atoms with van der Waals surface area (Å²) in [5.41, 5.74) is 0.490. The Hall–Kier alpha value is -2.17. The first kappa shape index (κ1) is 19.2. The van der Waals surface area contributed by atoms with Gasteiger partial charge in [-0.05, 0) is 23.8 Å². The number of phenolic OH excluding ortho intramolecular Hbond substituents is 1. The van der Waals surface area contributed by atoms with Crippen LogP contribution in [0.15, 0.2) is 24.3 Å². The zero-order chi connectivity index (χ0) is 18.6. The van der Waals surface area contributed by atoms with Crippen LogP contribution in [0.5, 0.6) is 11.5 Å². The predicted molar refractivity (Wildman–Crippen MR) is 83.6 cm³/mol. The average Bonchev–Trinajstić information content (AvgIpc) is 2.60. The number of rotatable bonds is 5. The standard InChI is InChI=1S/C16H20O9/c1-23-10-4-2-8(6-9(10)18)3-5-12(19)25-16-15(22)14(21)13(20)11(7-17)24-16/h2-6,11,13-18,20-22H,7H2,1H3/b5-3+. The number of carbonyl (C=O) groups excluding carboxylic acids is 1. The van der Waals surface area contributed by atoms with Crippen LogP contribution < -0.4 is 4.74 Å². The first-order chi connectivity index (χ1) is 11.9. The Morgan fingerprint density at radius 2 is 1.96 bits per heavy atom. The minimum atomic E-state index is -1.67. The molecule has 1 saturated heterocycles. The maximum atomic E-state index is 11.8. The molecule has 1 aliphatic rings. The Kier molecular flexibility index (Phi) is 6.34. The summed E-state index contributed by atoms with van der Waals surface area (Å²) >= 11 is 0. The van der Waals surface area contributed by atoms with Crippen LogP contribution in [0.2, 0.25) is 0 Å². The molecule has 1 fully saturated rings. The van der Waals surface area contributed by atoms with Crippen LogP contribution in [-0.2, 0) is 14.3 Å². The Morgan fingerprint density at radius 3 is 2.56 bits per heavy atom. The SMILES string of the molecule is COc1ccc(/C=C/C(=O)OC2OC(CO)C(O)C(O)C2O)cc1O. The van der Waals surface area contributed by atoms with Gasteiger partial charge in [-0.15, -0.1) is 0 Å². The summed E-state index contributed by atoms with van der Waals surface area (Å²) in [5.74, 6) is -0.715. The van der Waals surface area contributed by atoms with Crippen molar-refractivity contribution < 1.29 is 44.5 Å². The molecule has 5 N–H and O–H groups in total. The van der Waals surface area contributed by atoms with Gasteiger partial charge in [0.1, 0.15) is 24.4 Å². The molecule has 0 bridgehead atoms. The fraction of sp³-hybridized carbons (Fsp3) is 0.438. The van der Waals surface area contributed by atoms with Gasteiger partial charge >= 0.3 is 5.97 Å². The Balaban J connectivity index is 2.00.